The molecule has 0 aliphatic carbocycles. The highest BCUT2D eigenvalue weighted by molar-refractivity contribution is 5.65. The first-order valence-electron chi connectivity index (χ1n) is 8.35. The lowest BCUT2D eigenvalue weighted by Crippen LogP contribution is -2.63. The van der Waals surface area contributed by atoms with Crippen LogP contribution in [-0.2, 0) is 0 Å². The molecule has 1 N–H and O–H groups in total. The second-order valence-electron chi connectivity index (χ2n) is 7.78. The van der Waals surface area contributed by atoms with Crippen LogP contribution in [0.2, 0.25) is 0 Å². The quantitative estimate of drug-likeness (QED) is 0.747. The van der Waals surface area contributed by atoms with E-state index in [-0.39, 0.29) is 17.1 Å². The lowest BCUT2D eigenvalue weighted by atomic mass is 9.77. The van der Waals surface area contributed by atoms with E-state index in [1.165, 1.54) is 12.8 Å². The van der Waals surface area contributed by atoms with Crippen molar-refractivity contribution in [3.63, 3.8) is 0 Å². The maximum absolute atomic E-state index is 11.7. The fraction of sp³-hybridized carbons (Fsp3) is 0.941. The molecule has 1 rings (SSSR count). The number of carbonyl (C=O) groups is 1. The Morgan fingerprint density at radius 3 is 2.10 bits per heavy atom. The average Bonchev–Trinajstić information content (AvgIpc) is 2.34. The molecule has 124 valence electrons. The Bertz CT molecular complexity index is 335. The highest BCUT2D eigenvalue weighted by Crippen LogP contribution is 2.39. The molecule has 1 fully saturated rings. The van der Waals surface area contributed by atoms with Crippen LogP contribution in [0.1, 0.15) is 73.1 Å². The van der Waals surface area contributed by atoms with Gasteiger partial charge in [0.1, 0.15) is 0 Å². The molecule has 0 saturated carbocycles. The third-order valence-corrected chi connectivity index (χ3v) is 5.23. The second-order valence-corrected chi connectivity index (χ2v) is 7.78. The largest absolute Gasteiger partial charge is 0.465 e. The SMILES string of the molecule is CCCCCCN(C(=O)O)C1CC(C)(C)N(C)C(C)(C)C1. The number of hydrogen-bond donors (Lipinski definition) is 1. The zero-order valence-electron chi connectivity index (χ0n) is 14.8. The Morgan fingerprint density at radius 2 is 1.67 bits per heavy atom. The van der Waals surface area contributed by atoms with E-state index in [1.54, 1.807) is 4.90 Å². The van der Waals surface area contributed by atoms with Crippen LogP contribution in [-0.4, -0.2) is 51.7 Å². The molecule has 0 radical (unpaired) electrons. The number of rotatable bonds is 6. The minimum atomic E-state index is -0.757. The molecule has 0 atom stereocenters. The van der Waals surface area contributed by atoms with Crippen LogP contribution >= 0.6 is 0 Å². The highest BCUT2D eigenvalue weighted by Gasteiger charge is 2.45. The zero-order valence-corrected chi connectivity index (χ0v) is 14.8. The molecule has 0 bridgehead atoms. The number of hydrogen-bond acceptors (Lipinski definition) is 2. The number of likely N-dealkylation sites (tertiary alicyclic amines) is 1. The van der Waals surface area contributed by atoms with E-state index in [9.17, 15) is 9.90 Å². The summed E-state index contributed by atoms with van der Waals surface area (Å²) < 4.78 is 0. The molecule has 1 amide bonds. The molecule has 0 unspecified atom stereocenters. The van der Waals surface area contributed by atoms with Crippen molar-refractivity contribution in [2.24, 2.45) is 0 Å². The molecule has 4 heteroatoms. The van der Waals surface area contributed by atoms with Crippen molar-refractivity contribution in [3.8, 4) is 0 Å². The van der Waals surface area contributed by atoms with Crippen molar-refractivity contribution in [1.82, 2.24) is 9.80 Å². The smallest absolute Gasteiger partial charge is 0.407 e. The molecule has 0 aromatic carbocycles. The van der Waals surface area contributed by atoms with Gasteiger partial charge < -0.3 is 10.0 Å². The lowest BCUT2D eigenvalue weighted by molar-refractivity contribution is -0.0427. The van der Waals surface area contributed by atoms with Gasteiger partial charge in [0.05, 0.1) is 0 Å². The van der Waals surface area contributed by atoms with Gasteiger partial charge in [-0.1, -0.05) is 26.2 Å². The van der Waals surface area contributed by atoms with Gasteiger partial charge in [0, 0.05) is 23.7 Å². The van der Waals surface area contributed by atoms with E-state index in [0.717, 1.165) is 25.7 Å². The Hall–Kier alpha value is -0.770. The lowest BCUT2D eigenvalue weighted by Gasteiger charge is -2.55. The number of piperidine rings is 1. The normalized spacial score (nSPS) is 22.2. The molecule has 1 saturated heterocycles. The Balaban J connectivity index is 2.76. The monoisotopic (exact) mass is 298 g/mol. The summed E-state index contributed by atoms with van der Waals surface area (Å²) in [5, 5.41) is 9.60. The first kappa shape index (κ1) is 18.3. The summed E-state index contributed by atoms with van der Waals surface area (Å²) in [6, 6.07) is 0.130. The summed E-state index contributed by atoms with van der Waals surface area (Å²) in [6.45, 7) is 11.7. The van der Waals surface area contributed by atoms with E-state index in [2.05, 4.69) is 46.6 Å². The second kappa shape index (κ2) is 6.99. The van der Waals surface area contributed by atoms with Crippen molar-refractivity contribution in [3.05, 3.63) is 0 Å². The van der Waals surface area contributed by atoms with Gasteiger partial charge >= 0.3 is 6.09 Å². The number of unbranched alkanes of at least 4 members (excludes halogenated alkanes) is 3. The van der Waals surface area contributed by atoms with Crippen LogP contribution in [0, 0.1) is 0 Å². The molecule has 0 aromatic heterocycles. The summed E-state index contributed by atoms with van der Waals surface area (Å²) in [6.07, 6.45) is 5.54. The van der Waals surface area contributed by atoms with Crippen LogP contribution < -0.4 is 0 Å². The summed E-state index contributed by atoms with van der Waals surface area (Å²) in [5.74, 6) is 0. The van der Waals surface area contributed by atoms with E-state index in [1.807, 2.05) is 0 Å². The molecule has 1 aliphatic heterocycles. The number of carboxylic acid groups (broad SMARTS) is 1. The Labute approximate surface area is 130 Å². The van der Waals surface area contributed by atoms with Gasteiger partial charge in [0.25, 0.3) is 0 Å². The third-order valence-electron chi connectivity index (χ3n) is 5.23. The van der Waals surface area contributed by atoms with Crippen molar-refractivity contribution in [2.45, 2.75) is 90.3 Å². The van der Waals surface area contributed by atoms with E-state index in [0.29, 0.717) is 6.54 Å². The predicted molar refractivity (Wildman–Crippen MR) is 87.8 cm³/mol. The summed E-state index contributed by atoms with van der Waals surface area (Å²) in [4.78, 5) is 15.8. The molecule has 1 heterocycles. The van der Waals surface area contributed by atoms with Crippen molar-refractivity contribution in [1.29, 1.82) is 0 Å². The van der Waals surface area contributed by atoms with Gasteiger partial charge in [0.15, 0.2) is 0 Å². The molecule has 21 heavy (non-hydrogen) atoms. The Kier molecular flexibility index (Phi) is 6.09. The number of nitrogens with zero attached hydrogens (tertiary/aromatic N) is 2. The van der Waals surface area contributed by atoms with Crippen molar-refractivity contribution in [2.75, 3.05) is 13.6 Å². The van der Waals surface area contributed by atoms with Crippen LogP contribution in [0.25, 0.3) is 0 Å². The standard InChI is InChI=1S/C17H34N2O2/c1-7-8-9-10-11-19(15(20)21)14-12-16(2,3)18(6)17(4,5)13-14/h14H,7-13H2,1-6H3,(H,20,21). The number of amides is 1. The average molecular weight is 298 g/mol. The predicted octanol–water partition coefficient (Wildman–Crippen LogP) is 4.20. The topological polar surface area (TPSA) is 43.8 Å². The van der Waals surface area contributed by atoms with E-state index in [4.69, 9.17) is 0 Å². The molecule has 1 aliphatic rings. The van der Waals surface area contributed by atoms with Gasteiger partial charge in [0.2, 0.25) is 0 Å². The van der Waals surface area contributed by atoms with Gasteiger partial charge in [-0.05, 0) is 54.0 Å². The van der Waals surface area contributed by atoms with Crippen LogP contribution in [0.5, 0.6) is 0 Å². The third kappa shape index (κ3) is 4.60. The highest BCUT2D eigenvalue weighted by atomic mass is 16.4. The Morgan fingerprint density at radius 1 is 1.14 bits per heavy atom. The molecule has 0 aromatic rings. The minimum Gasteiger partial charge on any atom is -0.465 e. The molecule has 4 nitrogen and oxygen atoms in total. The van der Waals surface area contributed by atoms with E-state index >= 15 is 0 Å². The van der Waals surface area contributed by atoms with Crippen molar-refractivity contribution >= 4 is 6.09 Å². The summed E-state index contributed by atoms with van der Waals surface area (Å²) in [7, 11) is 2.16. The molecular formula is C17H34N2O2. The maximum atomic E-state index is 11.7. The van der Waals surface area contributed by atoms with Gasteiger partial charge in [-0.25, -0.2) is 4.79 Å². The summed E-state index contributed by atoms with van der Waals surface area (Å²) >= 11 is 0. The van der Waals surface area contributed by atoms with Crippen LogP contribution in [0.4, 0.5) is 4.79 Å². The minimum absolute atomic E-state index is 0.0313. The summed E-state index contributed by atoms with van der Waals surface area (Å²) in [5.41, 5.74) is 0.0626. The molecular weight excluding hydrogens is 264 g/mol. The maximum Gasteiger partial charge on any atom is 0.407 e. The molecule has 0 spiro atoms. The van der Waals surface area contributed by atoms with Crippen molar-refractivity contribution < 1.29 is 9.90 Å². The first-order valence-corrected chi connectivity index (χ1v) is 8.35. The van der Waals surface area contributed by atoms with Gasteiger partial charge in [-0.2, -0.15) is 0 Å². The van der Waals surface area contributed by atoms with E-state index < -0.39 is 6.09 Å². The van der Waals surface area contributed by atoms with Gasteiger partial charge in [-0.3, -0.25) is 4.90 Å². The van der Waals surface area contributed by atoms with Crippen LogP contribution in [0.15, 0.2) is 0 Å². The first-order chi connectivity index (χ1) is 9.62. The van der Waals surface area contributed by atoms with Gasteiger partial charge in [-0.15, -0.1) is 0 Å². The fourth-order valence-corrected chi connectivity index (χ4v) is 3.68. The zero-order chi connectivity index (χ0) is 16.3. The van der Waals surface area contributed by atoms with Crippen LogP contribution in [0.3, 0.4) is 0 Å². The fourth-order valence-electron chi connectivity index (χ4n) is 3.68.